The van der Waals surface area contributed by atoms with E-state index in [1.54, 1.807) is 0 Å². The molecule has 0 aromatic carbocycles. The topological polar surface area (TPSA) is 59.0 Å². The summed E-state index contributed by atoms with van der Waals surface area (Å²) in [7, 11) is 0. The number of carbonyl (C=O) groups is 1. The zero-order chi connectivity index (χ0) is 17.7. The fourth-order valence-electron chi connectivity index (χ4n) is 3.18. The molecule has 1 aliphatic rings. The van der Waals surface area contributed by atoms with E-state index in [-0.39, 0.29) is 29.8 Å². The molecule has 0 bridgehead atoms. The van der Waals surface area contributed by atoms with Crippen LogP contribution in [0, 0.1) is 11.3 Å². The number of nitrogens with one attached hydrogen (secondary N) is 2. The average molecular weight is 371 g/mol. The lowest BCUT2D eigenvalue weighted by molar-refractivity contribution is 0.0887. The van der Waals surface area contributed by atoms with Crippen LogP contribution in [0.2, 0.25) is 0 Å². The number of piperidine rings is 1. The molecule has 2 atom stereocenters. The summed E-state index contributed by atoms with van der Waals surface area (Å²) in [6, 6.07) is 2.36. The van der Waals surface area contributed by atoms with Gasteiger partial charge in [-0.1, -0.05) is 34.6 Å². The Balaban J connectivity index is 0.00000312. The van der Waals surface area contributed by atoms with Crippen LogP contribution in [0.5, 0.6) is 0 Å². The van der Waals surface area contributed by atoms with Crippen LogP contribution in [-0.4, -0.2) is 34.8 Å². The largest absolute Gasteiger partial charge is 0.347 e. The van der Waals surface area contributed by atoms with Crippen molar-refractivity contribution in [1.29, 1.82) is 0 Å². The van der Waals surface area contributed by atoms with Crippen molar-refractivity contribution in [2.24, 2.45) is 11.3 Å². The lowest BCUT2D eigenvalue weighted by Gasteiger charge is -2.32. The molecule has 5 nitrogen and oxygen atoms in total. The van der Waals surface area contributed by atoms with Crippen molar-refractivity contribution in [2.75, 3.05) is 13.1 Å². The predicted octanol–water partition coefficient (Wildman–Crippen LogP) is 3.81. The molecule has 0 saturated carbocycles. The van der Waals surface area contributed by atoms with Gasteiger partial charge in [0.1, 0.15) is 5.69 Å². The molecule has 0 aliphatic carbocycles. The molecule has 2 N–H and O–H groups in total. The fraction of sp³-hybridized carbons (Fsp3) is 0.789. The van der Waals surface area contributed by atoms with Crippen LogP contribution in [0.15, 0.2) is 12.3 Å². The Bertz CT molecular complexity index is 530. The minimum absolute atomic E-state index is 0. The Morgan fingerprint density at radius 3 is 2.68 bits per heavy atom. The Morgan fingerprint density at radius 1 is 1.40 bits per heavy atom. The third-order valence-corrected chi connectivity index (χ3v) is 4.87. The van der Waals surface area contributed by atoms with Crippen LogP contribution in [-0.2, 0) is 0 Å². The molecule has 6 heteroatoms. The fourth-order valence-corrected chi connectivity index (χ4v) is 3.18. The van der Waals surface area contributed by atoms with Crippen LogP contribution >= 0.6 is 12.4 Å². The third-order valence-electron chi connectivity index (χ3n) is 4.87. The molecule has 1 aromatic heterocycles. The van der Waals surface area contributed by atoms with Crippen LogP contribution in [0.1, 0.15) is 76.8 Å². The van der Waals surface area contributed by atoms with Gasteiger partial charge in [-0.05, 0) is 49.6 Å². The minimum Gasteiger partial charge on any atom is -0.347 e. The summed E-state index contributed by atoms with van der Waals surface area (Å²) in [4.78, 5) is 12.6. The second kappa shape index (κ2) is 9.58. The van der Waals surface area contributed by atoms with E-state index in [2.05, 4.69) is 50.4 Å². The quantitative estimate of drug-likeness (QED) is 0.800. The van der Waals surface area contributed by atoms with Crippen LogP contribution in [0.4, 0.5) is 0 Å². The normalized spacial score (nSPS) is 19.4. The molecule has 0 radical (unpaired) electrons. The summed E-state index contributed by atoms with van der Waals surface area (Å²) >= 11 is 0. The van der Waals surface area contributed by atoms with Gasteiger partial charge < -0.3 is 10.6 Å². The minimum atomic E-state index is -0.0544. The zero-order valence-electron chi connectivity index (χ0n) is 16.3. The zero-order valence-corrected chi connectivity index (χ0v) is 17.2. The first-order valence-corrected chi connectivity index (χ1v) is 9.34. The van der Waals surface area contributed by atoms with Crippen LogP contribution < -0.4 is 10.6 Å². The standard InChI is InChI=1S/C19H34N4O.ClH/c1-14(2)8-9-17(19(3,4)5)21-18(24)16-10-12-23(22-16)15-7-6-11-20-13-15;/h10,12,14-15,17,20H,6-9,11,13H2,1-5H3,(H,21,24);1H. The SMILES string of the molecule is CC(C)CCC(NC(=O)c1ccn(C2CCCNC2)n1)C(C)(C)C.Cl. The summed E-state index contributed by atoms with van der Waals surface area (Å²) in [5.74, 6) is 0.589. The molecule has 0 spiro atoms. The van der Waals surface area contributed by atoms with Crippen molar-refractivity contribution in [2.45, 2.75) is 72.4 Å². The van der Waals surface area contributed by atoms with Crippen molar-refractivity contribution >= 4 is 18.3 Å². The summed E-state index contributed by atoms with van der Waals surface area (Å²) in [5.41, 5.74) is 0.569. The summed E-state index contributed by atoms with van der Waals surface area (Å²) < 4.78 is 1.95. The lowest BCUT2D eigenvalue weighted by atomic mass is 9.82. The molecule has 25 heavy (non-hydrogen) atoms. The second-order valence-corrected chi connectivity index (χ2v) is 8.54. The van der Waals surface area contributed by atoms with E-state index in [0.717, 1.165) is 38.8 Å². The first kappa shape index (κ1) is 22.0. The van der Waals surface area contributed by atoms with E-state index in [1.807, 2.05) is 16.9 Å². The van der Waals surface area contributed by atoms with Crippen LogP contribution in [0.25, 0.3) is 0 Å². The number of rotatable bonds is 6. The maximum atomic E-state index is 12.6. The number of carbonyl (C=O) groups excluding carboxylic acids is 1. The van der Waals surface area contributed by atoms with Crippen molar-refractivity contribution in [3.8, 4) is 0 Å². The monoisotopic (exact) mass is 370 g/mol. The smallest absolute Gasteiger partial charge is 0.272 e. The first-order valence-electron chi connectivity index (χ1n) is 9.34. The van der Waals surface area contributed by atoms with Gasteiger partial charge in [0, 0.05) is 18.8 Å². The van der Waals surface area contributed by atoms with Gasteiger partial charge in [-0.2, -0.15) is 5.10 Å². The highest BCUT2D eigenvalue weighted by Crippen LogP contribution is 2.25. The third kappa shape index (κ3) is 6.63. The van der Waals surface area contributed by atoms with Gasteiger partial charge in [0.2, 0.25) is 0 Å². The molecule has 2 unspecified atom stereocenters. The van der Waals surface area contributed by atoms with E-state index < -0.39 is 0 Å². The van der Waals surface area contributed by atoms with E-state index >= 15 is 0 Å². The van der Waals surface area contributed by atoms with E-state index in [0.29, 0.717) is 17.7 Å². The average Bonchev–Trinajstić information content (AvgIpc) is 3.00. The van der Waals surface area contributed by atoms with Gasteiger partial charge in [-0.25, -0.2) is 0 Å². The summed E-state index contributed by atoms with van der Waals surface area (Å²) in [6.45, 7) is 13.0. The van der Waals surface area contributed by atoms with Gasteiger partial charge in [0.25, 0.3) is 5.91 Å². The maximum absolute atomic E-state index is 12.6. The summed E-state index contributed by atoms with van der Waals surface area (Å²) in [6.07, 6.45) is 6.33. The van der Waals surface area contributed by atoms with Gasteiger partial charge in [-0.3, -0.25) is 9.48 Å². The molecule has 144 valence electrons. The van der Waals surface area contributed by atoms with Crippen molar-refractivity contribution in [3.63, 3.8) is 0 Å². The van der Waals surface area contributed by atoms with Crippen molar-refractivity contribution < 1.29 is 4.79 Å². The molecular weight excluding hydrogens is 336 g/mol. The lowest BCUT2D eigenvalue weighted by Crippen LogP contribution is -2.44. The Morgan fingerprint density at radius 2 is 2.12 bits per heavy atom. The molecule has 1 aromatic rings. The highest BCUT2D eigenvalue weighted by atomic mass is 35.5. The number of amides is 1. The van der Waals surface area contributed by atoms with E-state index in [9.17, 15) is 4.79 Å². The van der Waals surface area contributed by atoms with Crippen molar-refractivity contribution in [3.05, 3.63) is 18.0 Å². The van der Waals surface area contributed by atoms with Gasteiger partial charge in [0.15, 0.2) is 0 Å². The van der Waals surface area contributed by atoms with E-state index in [1.165, 1.54) is 0 Å². The van der Waals surface area contributed by atoms with Crippen molar-refractivity contribution in [1.82, 2.24) is 20.4 Å². The molecule has 2 heterocycles. The second-order valence-electron chi connectivity index (χ2n) is 8.54. The Kier molecular flexibility index (Phi) is 8.42. The van der Waals surface area contributed by atoms with Gasteiger partial charge in [-0.15, -0.1) is 12.4 Å². The van der Waals surface area contributed by atoms with Crippen LogP contribution in [0.3, 0.4) is 0 Å². The molecule has 1 aliphatic heterocycles. The summed E-state index contributed by atoms with van der Waals surface area (Å²) in [5, 5.41) is 11.1. The highest BCUT2D eigenvalue weighted by molar-refractivity contribution is 5.92. The molecule has 1 fully saturated rings. The number of halogens is 1. The van der Waals surface area contributed by atoms with Gasteiger partial charge >= 0.3 is 0 Å². The predicted molar refractivity (Wildman–Crippen MR) is 105 cm³/mol. The number of nitrogens with zero attached hydrogens (tertiary/aromatic N) is 2. The Labute approximate surface area is 158 Å². The van der Waals surface area contributed by atoms with Gasteiger partial charge in [0.05, 0.1) is 6.04 Å². The Hall–Kier alpha value is -1.07. The number of hydrogen-bond acceptors (Lipinski definition) is 3. The first-order chi connectivity index (χ1) is 11.3. The maximum Gasteiger partial charge on any atom is 0.272 e. The highest BCUT2D eigenvalue weighted by Gasteiger charge is 2.27. The molecule has 1 saturated heterocycles. The van der Waals surface area contributed by atoms with E-state index in [4.69, 9.17) is 0 Å². The number of hydrogen-bond donors (Lipinski definition) is 2. The molecule has 2 rings (SSSR count). The molecule has 1 amide bonds. The number of aromatic nitrogens is 2. The molecular formula is C19H35ClN4O.